The molecule has 0 aliphatic rings. The van der Waals surface area contributed by atoms with Crippen LogP contribution in [-0.2, 0) is 6.42 Å². The van der Waals surface area contributed by atoms with Gasteiger partial charge in [-0.05, 0) is 24.8 Å². The lowest BCUT2D eigenvalue weighted by molar-refractivity contribution is 0.833. The van der Waals surface area contributed by atoms with Gasteiger partial charge in [0, 0.05) is 35.3 Å². The number of halogens is 1. The zero-order valence-electron chi connectivity index (χ0n) is 12.1. The molecule has 0 atom stereocenters. The van der Waals surface area contributed by atoms with Crippen molar-refractivity contribution in [3.05, 3.63) is 53.2 Å². The number of nitrogens with zero attached hydrogens (tertiary/aromatic N) is 3. The molecular weight excluding hydrogens is 282 g/mol. The fourth-order valence-electron chi connectivity index (χ4n) is 2.45. The van der Waals surface area contributed by atoms with Crippen molar-refractivity contribution in [3.63, 3.8) is 0 Å². The summed E-state index contributed by atoms with van der Waals surface area (Å²) in [6, 6.07) is 8.17. The molecule has 0 aliphatic heterocycles. The Balaban J connectivity index is 2.27. The molecule has 0 saturated heterocycles. The second-order valence-electron chi connectivity index (χ2n) is 5.06. The van der Waals surface area contributed by atoms with Gasteiger partial charge in [0.2, 0.25) is 0 Å². The van der Waals surface area contributed by atoms with Gasteiger partial charge < -0.3 is 0 Å². The quantitative estimate of drug-likeness (QED) is 0.663. The van der Waals surface area contributed by atoms with E-state index in [0.29, 0.717) is 5.15 Å². The van der Waals surface area contributed by atoms with Crippen molar-refractivity contribution in [1.29, 1.82) is 0 Å². The lowest BCUT2D eigenvalue weighted by atomic mass is 10.0. The van der Waals surface area contributed by atoms with Crippen LogP contribution in [-0.4, -0.2) is 15.0 Å². The summed E-state index contributed by atoms with van der Waals surface area (Å²) < 4.78 is 0. The molecule has 0 spiro atoms. The number of pyridine rings is 1. The normalized spacial score (nSPS) is 11.0. The smallest absolute Gasteiger partial charge is 0.136 e. The predicted octanol–water partition coefficient (Wildman–Crippen LogP) is 4.61. The molecule has 0 fully saturated rings. The van der Waals surface area contributed by atoms with E-state index in [1.54, 1.807) is 6.20 Å². The van der Waals surface area contributed by atoms with Gasteiger partial charge in [-0.3, -0.25) is 4.98 Å². The lowest BCUT2D eigenvalue weighted by Crippen LogP contribution is -2.01. The van der Waals surface area contributed by atoms with Crippen molar-refractivity contribution in [1.82, 2.24) is 15.0 Å². The molecule has 3 nitrogen and oxygen atoms in total. The van der Waals surface area contributed by atoms with E-state index in [-0.39, 0.29) is 0 Å². The maximum absolute atomic E-state index is 6.29. The molecule has 0 aliphatic carbocycles. The molecule has 0 radical (unpaired) electrons. The van der Waals surface area contributed by atoms with Crippen LogP contribution in [0, 0.1) is 6.92 Å². The lowest BCUT2D eigenvalue weighted by Gasteiger charge is -2.11. The van der Waals surface area contributed by atoms with Crippen molar-refractivity contribution < 1.29 is 0 Å². The van der Waals surface area contributed by atoms with E-state index in [1.807, 2.05) is 25.3 Å². The largest absolute Gasteiger partial charge is 0.264 e. The highest BCUT2D eigenvalue weighted by Gasteiger charge is 2.13. The highest BCUT2D eigenvalue weighted by molar-refractivity contribution is 6.30. The third kappa shape index (κ3) is 2.61. The van der Waals surface area contributed by atoms with Crippen LogP contribution >= 0.6 is 11.6 Å². The maximum Gasteiger partial charge on any atom is 0.136 e. The minimum absolute atomic E-state index is 0.532. The van der Waals surface area contributed by atoms with Gasteiger partial charge in [0.15, 0.2) is 0 Å². The molecule has 3 aromatic rings. The van der Waals surface area contributed by atoms with Crippen molar-refractivity contribution >= 4 is 22.4 Å². The van der Waals surface area contributed by atoms with E-state index >= 15 is 0 Å². The Bertz CT molecular complexity index is 794. The molecule has 0 N–H and O–H groups in total. The van der Waals surface area contributed by atoms with Crippen LogP contribution in [0.25, 0.3) is 22.0 Å². The summed E-state index contributed by atoms with van der Waals surface area (Å²) in [6.07, 6.45) is 5.50. The van der Waals surface area contributed by atoms with Crippen LogP contribution in [0.3, 0.4) is 0 Å². The van der Waals surface area contributed by atoms with Gasteiger partial charge in [-0.1, -0.05) is 36.7 Å². The molecule has 1 aromatic carbocycles. The molecule has 2 heterocycles. The number of hydrogen-bond acceptors (Lipinski definition) is 3. The Labute approximate surface area is 129 Å². The fraction of sp³-hybridized carbons (Fsp3) is 0.235. The highest BCUT2D eigenvalue weighted by Crippen LogP contribution is 2.31. The van der Waals surface area contributed by atoms with Gasteiger partial charge in [0.1, 0.15) is 11.0 Å². The summed E-state index contributed by atoms with van der Waals surface area (Å²) in [5.74, 6) is 0.795. The van der Waals surface area contributed by atoms with E-state index < -0.39 is 0 Å². The third-order valence-electron chi connectivity index (χ3n) is 3.55. The van der Waals surface area contributed by atoms with Gasteiger partial charge in [-0.2, -0.15) is 0 Å². The highest BCUT2D eigenvalue weighted by atomic mass is 35.5. The minimum atomic E-state index is 0.532. The summed E-state index contributed by atoms with van der Waals surface area (Å²) in [5, 5.41) is 2.76. The summed E-state index contributed by atoms with van der Waals surface area (Å²) in [4.78, 5) is 13.3. The Kier molecular flexibility index (Phi) is 3.84. The van der Waals surface area contributed by atoms with Crippen molar-refractivity contribution in [2.75, 3.05) is 0 Å². The Hall–Kier alpha value is -2.00. The summed E-state index contributed by atoms with van der Waals surface area (Å²) in [7, 11) is 0. The second kappa shape index (κ2) is 5.78. The first-order valence-corrected chi connectivity index (χ1v) is 7.44. The zero-order valence-corrected chi connectivity index (χ0v) is 12.9. The van der Waals surface area contributed by atoms with Gasteiger partial charge >= 0.3 is 0 Å². The Morgan fingerprint density at radius 1 is 1.14 bits per heavy atom. The number of aromatic nitrogens is 3. The van der Waals surface area contributed by atoms with E-state index in [9.17, 15) is 0 Å². The maximum atomic E-state index is 6.29. The predicted molar refractivity (Wildman–Crippen MR) is 86.5 cm³/mol. The van der Waals surface area contributed by atoms with E-state index in [0.717, 1.165) is 46.3 Å². The van der Waals surface area contributed by atoms with Gasteiger partial charge in [-0.15, -0.1) is 0 Å². The van der Waals surface area contributed by atoms with Crippen LogP contribution in [0.1, 0.15) is 24.7 Å². The summed E-state index contributed by atoms with van der Waals surface area (Å²) in [5.41, 5.74) is 2.87. The molecule has 0 saturated carbocycles. The number of fused-ring (bicyclic) bond motifs is 1. The first-order chi connectivity index (χ1) is 10.2. The summed E-state index contributed by atoms with van der Waals surface area (Å²) in [6.45, 7) is 4.07. The van der Waals surface area contributed by atoms with Crippen molar-refractivity contribution in [2.24, 2.45) is 0 Å². The fourth-order valence-corrected chi connectivity index (χ4v) is 2.64. The van der Waals surface area contributed by atoms with Crippen LogP contribution in [0.4, 0.5) is 0 Å². The van der Waals surface area contributed by atoms with Crippen molar-refractivity contribution in [2.45, 2.75) is 26.7 Å². The topological polar surface area (TPSA) is 38.7 Å². The van der Waals surface area contributed by atoms with E-state index in [4.69, 9.17) is 16.6 Å². The average Bonchev–Trinajstić information content (AvgIpc) is 2.50. The molecular formula is C17H16ClN3. The minimum Gasteiger partial charge on any atom is -0.264 e. The van der Waals surface area contributed by atoms with Gasteiger partial charge in [-0.25, -0.2) is 9.97 Å². The van der Waals surface area contributed by atoms with Crippen LogP contribution in [0.5, 0.6) is 0 Å². The molecule has 2 aromatic heterocycles. The first kappa shape index (κ1) is 14.0. The standard InChI is InChI=1S/C17H16ClN3/c1-3-5-15-20-16(11(2)17(18)21-15)13-7-4-6-12-8-9-19-10-14(12)13/h4,6-10H,3,5H2,1-2H3. The third-order valence-corrected chi connectivity index (χ3v) is 3.91. The van der Waals surface area contributed by atoms with Crippen molar-refractivity contribution in [3.8, 4) is 11.3 Å². The number of benzene rings is 1. The monoisotopic (exact) mass is 297 g/mol. The molecule has 21 heavy (non-hydrogen) atoms. The molecule has 0 amide bonds. The molecule has 0 bridgehead atoms. The van der Waals surface area contributed by atoms with Crippen LogP contribution in [0.2, 0.25) is 5.15 Å². The Morgan fingerprint density at radius 3 is 2.81 bits per heavy atom. The van der Waals surface area contributed by atoms with Gasteiger partial charge in [0.05, 0.1) is 5.69 Å². The first-order valence-electron chi connectivity index (χ1n) is 7.07. The SMILES string of the molecule is CCCc1nc(Cl)c(C)c(-c2cccc3ccncc23)n1. The zero-order chi connectivity index (χ0) is 14.8. The van der Waals surface area contributed by atoms with E-state index in [1.165, 1.54) is 0 Å². The molecule has 4 heteroatoms. The second-order valence-corrected chi connectivity index (χ2v) is 5.41. The average molecular weight is 298 g/mol. The number of rotatable bonds is 3. The number of hydrogen-bond donors (Lipinski definition) is 0. The molecule has 106 valence electrons. The summed E-state index contributed by atoms with van der Waals surface area (Å²) >= 11 is 6.29. The number of aryl methyl sites for hydroxylation is 1. The Morgan fingerprint density at radius 2 is 2.00 bits per heavy atom. The van der Waals surface area contributed by atoms with E-state index in [2.05, 4.69) is 29.0 Å². The van der Waals surface area contributed by atoms with Gasteiger partial charge in [0.25, 0.3) is 0 Å². The van der Waals surface area contributed by atoms with Crippen LogP contribution in [0.15, 0.2) is 36.7 Å². The molecule has 0 unspecified atom stereocenters. The van der Waals surface area contributed by atoms with Crippen LogP contribution < -0.4 is 0 Å². The molecule has 3 rings (SSSR count).